The number of halogens is 37. The van der Waals surface area contributed by atoms with Gasteiger partial charge in [0.15, 0.2) is 0 Å². The van der Waals surface area contributed by atoms with Crippen LogP contribution in [-0.2, 0) is 0 Å². The first-order valence-electron chi connectivity index (χ1n) is 11.9. The van der Waals surface area contributed by atoms with Gasteiger partial charge < -0.3 is 5.11 Å². The molecule has 1 nitrogen and oxygen atoms in total. The lowest BCUT2D eigenvalue weighted by atomic mass is 9.82. The van der Waals surface area contributed by atoms with Crippen LogP contribution >= 0.6 is 0 Å². The fourth-order valence-corrected chi connectivity index (χ4v) is 3.27. The minimum atomic E-state index is -10.4. The zero-order chi connectivity index (χ0) is 47.7. The highest BCUT2D eigenvalue weighted by Gasteiger charge is 3.02. The number of hydrogen-bond donors (Lipinski definition) is 1. The van der Waals surface area contributed by atoms with Gasteiger partial charge in [-0.3, -0.25) is 0 Å². The van der Waals surface area contributed by atoms with Gasteiger partial charge in [-0.05, 0) is 0 Å². The minimum Gasteiger partial charge on any atom is -0.390 e. The zero-order valence-electron chi connectivity index (χ0n) is 24.1. The van der Waals surface area contributed by atoms with E-state index >= 15 is 0 Å². The number of aliphatic hydroxyl groups excluding tert-OH is 1. The Bertz CT molecular complexity index is 1460. The van der Waals surface area contributed by atoms with E-state index in [0.717, 1.165) is 0 Å². The van der Waals surface area contributed by atoms with E-state index in [9.17, 15) is 162 Å². The van der Waals surface area contributed by atoms with Crippen LogP contribution in [0.1, 0.15) is 0 Å². The Morgan fingerprint density at radius 1 is 0.175 bits per heavy atom. The van der Waals surface area contributed by atoms with Crippen LogP contribution in [0.15, 0.2) is 0 Å². The maximum atomic E-state index is 13.9. The van der Waals surface area contributed by atoms with Crippen LogP contribution in [0.25, 0.3) is 0 Å². The molecule has 0 fully saturated rings. The molecule has 0 amide bonds. The van der Waals surface area contributed by atoms with Crippen molar-refractivity contribution in [1.82, 2.24) is 0 Å². The van der Waals surface area contributed by atoms with Gasteiger partial charge >= 0.3 is 107 Å². The molecule has 0 aromatic heterocycles. The highest BCUT2D eigenvalue weighted by molar-refractivity contribution is 5.23. The van der Waals surface area contributed by atoms with E-state index in [1.807, 2.05) is 0 Å². The van der Waals surface area contributed by atoms with Crippen LogP contribution < -0.4 is 0 Å². The standard InChI is InChI=1S/C19H3F37O/c20-2(21,1-57)3(22,23)4(24,25)5(26,27)6(28,29)7(30,31)8(32,33)9(34,35)10(36,37)11(38,39)12(40,41)13(42,43)14(44,45)15(46,47)16(48,49)17(50,51)18(52,53)19(54,55)56/h57H,1H2. The SMILES string of the molecule is OCC(F)(F)C(F)(F)C(F)(F)C(F)(F)C(F)(F)C(F)(F)C(F)(F)C(F)(F)C(F)(F)C(F)(F)C(F)(F)C(F)(F)C(F)(F)C(F)(F)C(F)(F)C(F)(F)C(F)(F)C(F)(F)F. The summed E-state index contributed by atoms with van der Waals surface area (Å²) < 4.78 is 497. The van der Waals surface area contributed by atoms with Crippen LogP contribution in [0.4, 0.5) is 162 Å². The van der Waals surface area contributed by atoms with Crippen molar-refractivity contribution in [3.8, 4) is 0 Å². The summed E-state index contributed by atoms with van der Waals surface area (Å²) in [7, 11) is 0. The minimum absolute atomic E-state index is 3.99. The molecule has 38 heteroatoms. The van der Waals surface area contributed by atoms with Crippen molar-refractivity contribution in [3.63, 3.8) is 0 Å². The number of alkyl halides is 37. The lowest BCUT2D eigenvalue weighted by molar-refractivity contribution is -0.493. The zero-order valence-corrected chi connectivity index (χ0v) is 24.1. The highest BCUT2D eigenvalue weighted by Crippen LogP contribution is 2.70. The molecule has 1 N–H and O–H groups in total. The maximum absolute atomic E-state index is 13.9. The second kappa shape index (κ2) is 12.9. The number of rotatable bonds is 17. The lowest BCUT2D eigenvalue weighted by Gasteiger charge is -2.47. The van der Waals surface area contributed by atoms with Crippen LogP contribution in [0.3, 0.4) is 0 Å². The third kappa shape index (κ3) is 5.99. The first-order valence-corrected chi connectivity index (χ1v) is 11.9. The molecule has 0 aromatic rings. The molecule has 0 spiro atoms. The molecule has 344 valence electrons. The van der Waals surface area contributed by atoms with Gasteiger partial charge in [0, 0.05) is 0 Å². The molecule has 0 aliphatic carbocycles. The van der Waals surface area contributed by atoms with Crippen LogP contribution in [0.5, 0.6) is 0 Å². The van der Waals surface area contributed by atoms with Gasteiger partial charge in [0.1, 0.15) is 6.61 Å². The Labute approximate surface area is 282 Å². The van der Waals surface area contributed by atoms with Gasteiger partial charge in [0.2, 0.25) is 0 Å². The van der Waals surface area contributed by atoms with Gasteiger partial charge in [-0.15, -0.1) is 0 Å². The molecule has 57 heavy (non-hydrogen) atoms. The second-order valence-electron chi connectivity index (χ2n) is 10.6. The average Bonchev–Trinajstić information content (AvgIpc) is 2.98. The number of hydrogen-bond acceptors (Lipinski definition) is 1. The fourth-order valence-electron chi connectivity index (χ4n) is 3.27. The summed E-state index contributed by atoms with van der Waals surface area (Å²) in [6, 6.07) is 0. The monoisotopic (exact) mass is 950 g/mol. The van der Waals surface area contributed by atoms with E-state index in [1.165, 1.54) is 0 Å². The largest absolute Gasteiger partial charge is 0.460 e. The third-order valence-corrected chi connectivity index (χ3v) is 6.93. The molecule has 0 heterocycles. The summed E-state index contributed by atoms with van der Waals surface area (Å²) in [6.45, 7) is -3.99. The van der Waals surface area contributed by atoms with Gasteiger partial charge in [0.25, 0.3) is 0 Å². The van der Waals surface area contributed by atoms with Crippen molar-refractivity contribution in [3.05, 3.63) is 0 Å². The van der Waals surface area contributed by atoms with Gasteiger partial charge in [0.05, 0.1) is 0 Å². The summed E-state index contributed by atoms with van der Waals surface area (Å²) in [5, 5.41) is 7.82. The summed E-state index contributed by atoms with van der Waals surface area (Å²) >= 11 is 0. The molecular weight excluding hydrogens is 947 g/mol. The molecule has 0 saturated carbocycles. The van der Waals surface area contributed by atoms with Crippen molar-refractivity contribution >= 4 is 0 Å². The Balaban J connectivity index is 7.86. The smallest absolute Gasteiger partial charge is 0.390 e. The van der Waals surface area contributed by atoms with E-state index in [-0.39, 0.29) is 0 Å². The first kappa shape index (κ1) is 54.4. The second-order valence-corrected chi connectivity index (χ2v) is 10.6. The van der Waals surface area contributed by atoms with Gasteiger partial charge in [-0.2, -0.15) is 162 Å². The van der Waals surface area contributed by atoms with E-state index in [2.05, 4.69) is 0 Å². The fraction of sp³-hybridized carbons (Fsp3) is 1.00. The topological polar surface area (TPSA) is 20.2 Å². The molecule has 0 atom stereocenters. The molecule has 0 radical (unpaired) electrons. The normalized spacial score (nSPS) is 17.4. The summed E-state index contributed by atoms with van der Waals surface area (Å²) in [4.78, 5) is 0. The summed E-state index contributed by atoms with van der Waals surface area (Å²) in [6.07, 6.45) is -8.46. The predicted octanol–water partition coefficient (Wildman–Crippen LogP) is 11.3. The van der Waals surface area contributed by atoms with Crippen molar-refractivity contribution < 1.29 is 168 Å². The Morgan fingerprint density at radius 2 is 0.281 bits per heavy atom. The van der Waals surface area contributed by atoms with Gasteiger partial charge in [-0.1, -0.05) is 0 Å². The van der Waals surface area contributed by atoms with E-state index in [1.54, 1.807) is 0 Å². The third-order valence-electron chi connectivity index (χ3n) is 6.93. The van der Waals surface area contributed by atoms with E-state index < -0.39 is 113 Å². The predicted molar refractivity (Wildman–Crippen MR) is 97.2 cm³/mol. The van der Waals surface area contributed by atoms with Gasteiger partial charge in [-0.25, -0.2) is 0 Å². The molecular formula is C19H3F37O. The quantitative estimate of drug-likeness (QED) is 0.144. The first-order chi connectivity index (χ1) is 23.8. The average molecular weight is 950 g/mol. The van der Waals surface area contributed by atoms with Crippen molar-refractivity contribution in [2.24, 2.45) is 0 Å². The van der Waals surface area contributed by atoms with Crippen LogP contribution in [-0.4, -0.2) is 119 Å². The molecule has 0 rings (SSSR count). The molecule has 0 unspecified atom stereocenters. The Hall–Kier alpha value is -2.63. The Kier molecular flexibility index (Phi) is 12.3. The highest BCUT2D eigenvalue weighted by atomic mass is 19.4. The summed E-state index contributed by atoms with van der Waals surface area (Å²) in [5.41, 5.74) is 0. The molecule has 0 saturated heterocycles. The number of aliphatic hydroxyl groups is 1. The molecule has 0 aromatic carbocycles. The molecule has 0 bridgehead atoms. The van der Waals surface area contributed by atoms with E-state index in [0.29, 0.717) is 0 Å². The van der Waals surface area contributed by atoms with Crippen LogP contribution in [0, 0.1) is 0 Å². The lowest BCUT2D eigenvalue weighted by Crippen LogP contribution is -2.80. The van der Waals surface area contributed by atoms with Crippen molar-refractivity contribution in [2.45, 2.75) is 107 Å². The van der Waals surface area contributed by atoms with E-state index in [4.69, 9.17) is 5.11 Å². The van der Waals surface area contributed by atoms with Crippen molar-refractivity contribution in [1.29, 1.82) is 0 Å². The van der Waals surface area contributed by atoms with Crippen molar-refractivity contribution in [2.75, 3.05) is 6.61 Å². The molecule has 0 aliphatic heterocycles. The maximum Gasteiger partial charge on any atom is 0.460 e. The Morgan fingerprint density at radius 3 is 0.386 bits per heavy atom. The summed E-state index contributed by atoms with van der Waals surface area (Å²) in [5.74, 6) is -166. The molecule has 0 aliphatic rings. The van der Waals surface area contributed by atoms with Crippen LogP contribution in [0.2, 0.25) is 0 Å².